The highest BCUT2D eigenvalue weighted by Gasteiger charge is 2.14. The lowest BCUT2D eigenvalue weighted by Gasteiger charge is -2.22. The Bertz CT molecular complexity index is 735. The van der Waals surface area contributed by atoms with Gasteiger partial charge in [0, 0.05) is 25.7 Å². The molecule has 0 bridgehead atoms. The first-order valence-electron chi connectivity index (χ1n) is 7.93. The summed E-state index contributed by atoms with van der Waals surface area (Å²) in [6.07, 6.45) is 0.315. The number of hydrogen-bond donors (Lipinski definition) is 1. The van der Waals surface area contributed by atoms with E-state index in [9.17, 15) is 9.59 Å². The van der Waals surface area contributed by atoms with Gasteiger partial charge in [0.05, 0.1) is 18.6 Å². The number of amides is 2. The first-order chi connectivity index (χ1) is 12.0. The maximum atomic E-state index is 12.0. The molecule has 0 fully saturated rings. The lowest BCUT2D eigenvalue weighted by molar-refractivity contribution is -0.121. The predicted molar refractivity (Wildman–Crippen MR) is 99.2 cm³/mol. The molecule has 0 atom stereocenters. The molecule has 0 aliphatic rings. The lowest BCUT2D eigenvalue weighted by Crippen LogP contribution is -2.38. The van der Waals surface area contributed by atoms with Crippen LogP contribution >= 0.6 is 11.6 Å². The van der Waals surface area contributed by atoms with Crippen LogP contribution in [0, 0.1) is 0 Å². The number of anilines is 1. The van der Waals surface area contributed by atoms with E-state index in [1.165, 1.54) is 14.0 Å². The molecule has 0 heterocycles. The van der Waals surface area contributed by atoms with Gasteiger partial charge in [-0.3, -0.25) is 9.59 Å². The molecule has 25 heavy (non-hydrogen) atoms. The third-order valence-corrected chi connectivity index (χ3v) is 3.99. The molecule has 0 aliphatic heterocycles. The van der Waals surface area contributed by atoms with E-state index in [1.807, 2.05) is 30.3 Å². The number of carbonyl (C=O) groups is 2. The van der Waals surface area contributed by atoms with Gasteiger partial charge in [0.25, 0.3) is 0 Å². The van der Waals surface area contributed by atoms with E-state index in [1.54, 1.807) is 23.1 Å². The molecular formula is C19H21ClN2O3. The van der Waals surface area contributed by atoms with E-state index in [0.29, 0.717) is 36.0 Å². The van der Waals surface area contributed by atoms with Crippen molar-refractivity contribution in [2.24, 2.45) is 0 Å². The SMILES string of the molecule is COc1ccc(N(CCNC(=O)Cc2ccccc2)C(C)=O)cc1Cl. The average Bonchev–Trinajstić information content (AvgIpc) is 2.59. The summed E-state index contributed by atoms with van der Waals surface area (Å²) in [5.41, 5.74) is 1.61. The quantitative estimate of drug-likeness (QED) is 0.825. The number of nitrogens with zero attached hydrogens (tertiary/aromatic N) is 1. The summed E-state index contributed by atoms with van der Waals surface area (Å²) in [7, 11) is 1.53. The minimum Gasteiger partial charge on any atom is -0.495 e. The van der Waals surface area contributed by atoms with Crippen molar-refractivity contribution in [3.8, 4) is 5.75 Å². The fraction of sp³-hybridized carbons (Fsp3) is 0.263. The molecule has 2 rings (SSSR count). The molecule has 0 unspecified atom stereocenters. The summed E-state index contributed by atoms with van der Waals surface area (Å²) in [6, 6.07) is 14.7. The van der Waals surface area contributed by atoms with Gasteiger partial charge in [0.1, 0.15) is 5.75 Å². The van der Waals surface area contributed by atoms with Crippen molar-refractivity contribution in [2.45, 2.75) is 13.3 Å². The van der Waals surface area contributed by atoms with Crippen molar-refractivity contribution < 1.29 is 14.3 Å². The maximum absolute atomic E-state index is 12.0. The molecule has 2 aromatic carbocycles. The van der Waals surface area contributed by atoms with Crippen LogP contribution in [0.25, 0.3) is 0 Å². The van der Waals surface area contributed by atoms with Gasteiger partial charge in [-0.05, 0) is 23.8 Å². The second-order valence-corrected chi connectivity index (χ2v) is 5.91. The molecular weight excluding hydrogens is 340 g/mol. The maximum Gasteiger partial charge on any atom is 0.224 e. The Kier molecular flexibility index (Phi) is 6.83. The Balaban J connectivity index is 1.92. The lowest BCUT2D eigenvalue weighted by atomic mass is 10.1. The first kappa shape index (κ1) is 18.8. The summed E-state index contributed by atoms with van der Waals surface area (Å²) in [5.74, 6) is 0.339. The van der Waals surface area contributed by atoms with Gasteiger partial charge in [-0.2, -0.15) is 0 Å². The number of halogens is 1. The molecule has 0 spiro atoms. The largest absolute Gasteiger partial charge is 0.495 e. The molecule has 132 valence electrons. The van der Waals surface area contributed by atoms with Crippen LogP contribution in [0.2, 0.25) is 5.02 Å². The molecule has 0 aliphatic carbocycles. The van der Waals surface area contributed by atoms with E-state index in [0.717, 1.165) is 5.56 Å². The predicted octanol–water partition coefficient (Wildman–Crippen LogP) is 3.06. The highest BCUT2D eigenvalue weighted by Crippen LogP contribution is 2.29. The Labute approximate surface area is 152 Å². The van der Waals surface area contributed by atoms with Gasteiger partial charge in [0.15, 0.2) is 0 Å². The van der Waals surface area contributed by atoms with Gasteiger partial charge in [-0.25, -0.2) is 0 Å². The number of carbonyl (C=O) groups excluding carboxylic acids is 2. The van der Waals surface area contributed by atoms with Crippen molar-refractivity contribution in [1.82, 2.24) is 5.32 Å². The molecule has 0 saturated carbocycles. The fourth-order valence-electron chi connectivity index (χ4n) is 2.44. The van der Waals surface area contributed by atoms with Crippen LogP contribution in [-0.2, 0) is 16.0 Å². The first-order valence-corrected chi connectivity index (χ1v) is 8.31. The van der Waals surface area contributed by atoms with E-state index in [-0.39, 0.29) is 11.8 Å². The molecule has 0 aromatic heterocycles. The smallest absolute Gasteiger partial charge is 0.224 e. The van der Waals surface area contributed by atoms with Crippen molar-refractivity contribution in [2.75, 3.05) is 25.1 Å². The highest BCUT2D eigenvalue weighted by molar-refractivity contribution is 6.32. The van der Waals surface area contributed by atoms with Crippen LogP contribution in [0.15, 0.2) is 48.5 Å². The van der Waals surface area contributed by atoms with Gasteiger partial charge in [-0.1, -0.05) is 41.9 Å². The second-order valence-electron chi connectivity index (χ2n) is 5.50. The fourth-order valence-corrected chi connectivity index (χ4v) is 2.69. The van der Waals surface area contributed by atoms with Crippen molar-refractivity contribution >= 4 is 29.1 Å². The molecule has 2 aromatic rings. The summed E-state index contributed by atoms with van der Waals surface area (Å²) in [5, 5.41) is 3.26. The average molecular weight is 361 g/mol. The van der Waals surface area contributed by atoms with E-state index < -0.39 is 0 Å². The summed E-state index contributed by atoms with van der Waals surface area (Å²) in [4.78, 5) is 25.5. The number of rotatable bonds is 7. The number of ether oxygens (including phenoxy) is 1. The molecule has 5 nitrogen and oxygen atoms in total. The standard InChI is InChI=1S/C19H21ClN2O3/c1-14(23)22(16-8-9-18(25-2)17(20)13-16)11-10-21-19(24)12-15-6-4-3-5-7-15/h3-9,13H,10-12H2,1-2H3,(H,21,24). The van der Waals surface area contributed by atoms with E-state index >= 15 is 0 Å². The van der Waals surface area contributed by atoms with Gasteiger partial charge >= 0.3 is 0 Å². The van der Waals surface area contributed by atoms with Gasteiger partial charge in [-0.15, -0.1) is 0 Å². The number of hydrogen-bond acceptors (Lipinski definition) is 3. The summed E-state index contributed by atoms with van der Waals surface area (Å²) >= 11 is 6.12. The minimum absolute atomic E-state index is 0.0811. The zero-order valence-electron chi connectivity index (χ0n) is 14.3. The molecule has 1 N–H and O–H groups in total. The normalized spacial score (nSPS) is 10.2. The third-order valence-electron chi connectivity index (χ3n) is 3.69. The number of methoxy groups -OCH3 is 1. The van der Waals surface area contributed by atoms with Crippen LogP contribution < -0.4 is 15.0 Å². The Morgan fingerprint density at radius 1 is 1.16 bits per heavy atom. The van der Waals surface area contributed by atoms with Crippen LogP contribution in [-0.4, -0.2) is 32.0 Å². The summed E-state index contributed by atoms with van der Waals surface area (Å²) < 4.78 is 5.12. The van der Waals surface area contributed by atoms with Crippen LogP contribution in [0.1, 0.15) is 12.5 Å². The molecule has 6 heteroatoms. The molecule has 0 radical (unpaired) electrons. The Morgan fingerprint density at radius 3 is 2.48 bits per heavy atom. The Morgan fingerprint density at radius 2 is 1.88 bits per heavy atom. The number of benzene rings is 2. The van der Waals surface area contributed by atoms with Crippen LogP contribution in [0.5, 0.6) is 5.75 Å². The van der Waals surface area contributed by atoms with Crippen LogP contribution in [0.4, 0.5) is 5.69 Å². The van der Waals surface area contributed by atoms with Gasteiger partial charge < -0.3 is 15.0 Å². The van der Waals surface area contributed by atoms with Crippen molar-refractivity contribution in [1.29, 1.82) is 0 Å². The van der Waals surface area contributed by atoms with Crippen molar-refractivity contribution in [3.05, 3.63) is 59.1 Å². The second kappa shape index (κ2) is 9.08. The monoisotopic (exact) mass is 360 g/mol. The van der Waals surface area contributed by atoms with E-state index in [2.05, 4.69) is 5.32 Å². The highest BCUT2D eigenvalue weighted by atomic mass is 35.5. The molecule has 0 saturated heterocycles. The minimum atomic E-state index is -0.126. The zero-order valence-corrected chi connectivity index (χ0v) is 15.0. The number of nitrogens with one attached hydrogen (secondary N) is 1. The third kappa shape index (κ3) is 5.50. The summed E-state index contributed by atoms with van der Waals surface area (Å²) in [6.45, 7) is 2.19. The van der Waals surface area contributed by atoms with Crippen LogP contribution in [0.3, 0.4) is 0 Å². The van der Waals surface area contributed by atoms with Gasteiger partial charge in [0.2, 0.25) is 11.8 Å². The van der Waals surface area contributed by atoms with E-state index in [4.69, 9.17) is 16.3 Å². The molecule has 2 amide bonds. The Hall–Kier alpha value is -2.53. The zero-order chi connectivity index (χ0) is 18.2. The topological polar surface area (TPSA) is 58.6 Å². The van der Waals surface area contributed by atoms with Crippen molar-refractivity contribution in [3.63, 3.8) is 0 Å².